The zero-order valence-electron chi connectivity index (χ0n) is 10.4. The molecular formula is C12H18ClNO3. The predicted octanol–water partition coefficient (Wildman–Crippen LogP) is 2.26. The molecule has 0 unspecified atom stereocenters. The average molecular weight is 260 g/mol. The summed E-state index contributed by atoms with van der Waals surface area (Å²) >= 11 is 6.26. The van der Waals surface area contributed by atoms with Gasteiger partial charge in [0.2, 0.25) is 0 Å². The maximum atomic E-state index is 6.26. The van der Waals surface area contributed by atoms with Crippen molar-refractivity contribution in [2.24, 2.45) is 5.73 Å². The largest absolute Gasteiger partial charge is 0.495 e. The minimum Gasteiger partial charge on any atom is -0.495 e. The van der Waals surface area contributed by atoms with Crippen molar-refractivity contribution in [3.05, 3.63) is 16.7 Å². The van der Waals surface area contributed by atoms with Crippen molar-refractivity contribution in [3.63, 3.8) is 0 Å². The van der Waals surface area contributed by atoms with Crippen LogP contribution in [0.1, 0.15) is 12.0 Å². The first-order chi connectivity index (χ1) is 8.19. The minimum absolute atomic E-state index is 0.554. The highest BCUT2D eigenvalue weighted by Crippen LogP contribution is 2.42. The molecule has 0 aliphatic rings. The molecule has 0 atom stereocenters. The van der Waals surface area contributed by atoms with Gasteiger partial charge in [-0.25, -0.2) is 0 Å². The zero-order valence-corrected chi connectivity index (χ0v) is 11.1. The van der Waals surface area contributed by atoms with E-state index >= 15 is 0 Å². The fraction of sp³-hybridized carbons (Fsp3) is 0.500. The normalized spacial score (nSPS) is 10.2. The van der Waals surface area contributed by atoms with Crippen molar-refractivity contribution in [1.82, 2.24) is 0 Å². The third-order valence-corrected chi connectivity index (χ3v) is 2.93. The fourth-order valence-electron chi connectivity index (χ4n) is 1.67. The summed E-state index contributed by atoms with van der Waals surface area (Å²) in [6.45, 7) is 0.596. The number of hydrogen-bond acceptors (Lipinski definition) is 4. The molecule has 0 bridgehead atoms. The molecule has 0 spiro atoms. The Morgan fingerprint density at radius 1 is 1.12 bits per heavy atom. The van der Waals surface area contributed by atoms with Crippen LogP contribution in [0.2, 0.25) is 5.02 Å². The topological polar surface area (TPSA) is 53.7 Å². The van der Waals surface area contributed by atoms with E-state index < -0.39 is 0 Å². The molecule has 0 saturated heterocycles. The van der Waals surface area contributed by atoms with Gasteiger partial charge in [0.1, 0.15) is 5.75 Å². The van der Waals surface area contributed by atoms with Crippen LogP contribution in [-0.4, -0.2) is 27.9 Å². The number of rotatable bonds is 6. The molecule has 2 N–H and O–H groups in total. The SMILES string of the molecule is COc1cc(OC)c(OC)c(CCCN)c1Cl. The number of nitrogens with two attached hydrogens (primary N) is 1. The van der Waals surface area contributed by atoms with Crippen molar-refractivity contribution in [3.8, 4) is 17.2 Å². The highest BCUT2D eigenvalue weighted by molar-refractivity contribution is 6.33. The molecule has 96 valence electrons. The van der Waals surface area contributed by atoms with Crippen LogP contribution >= 0.6 is 11.6 Å². The van der Waals surface area contributed by atoms with E-state index in [0.29, 0.717) is 28.8 Å². The Labute approximate surface area is 107 Å². The monoisotopic (exact) mass is 259 g/mol. The van der Waals surface area contributed by atoms with Gasteiger partial charge in [0, 0.05) is 11.6 Å². The first-order valence-electron chi connectivity index (χ1n) is 5.37. The molecule has 17 heavy (non-hydrogen) atoms. The third kappa shape index (κ3) is 2.96. The van der Waals surface area contributed by atoms with E-state index in [9.17, 15) is 0 Å². The quantitative estimate of drug-likeness (QED) is 0.851. The van der Waals surface area contributed by atoms with E-state index in [0.717, 1.165) is 18.4 Å². The van der Waals surface area contributed by atoms with Gasteiger partial charge in [0.25, 0.3) is 0 Å². The summed E-state index contributed by atoms with van der Waals surface area (Å²) in [5.74, 6) is 1.84. The van der Waals surface area contributed by atoms with Crippen LogP contribution in [0.3, 0.4) is 0 Å². The lowest BCUT2D eigenvalue weighted by atomic mass is 10.1. The number of halogens is 1. The third-order valence-electron chi connectivity index (χ3n) is 2.52. The lowest BCUT2D eigenvalue weighted by Gasteiger charge is -2.16. The van der Waals surface area contributed by atoms with Crippen LogP contribution in [0.25, 0.3) is 0 Å². The van der Waals surface area contributed by atoms with Gasteiger partial charge in [0.05, 0.1) is 26.4 Å². The molecule has 0 amide bonds. The molecule has 0 heterocycles. The summed E-state index contributed by atoms with van der Waals surface area (Å²) in [5, 5.41) is 0.554. The predicted molar refractivity (Wildman–Crippen MR) is 68.5 cm³/mol. The van der Waals surface area contributed by atoms with Crippen molar-refractivity contribution in [2.75, 3.05) is 27.9 Å². The molecule has 1 aromatic rings. The summed E-state index contributed by atoms with van der Waals surface area (Å²) in [7, 11) is 4.74. The van der Waals surface area contributed by atoms with Crippen LogP contribution < -0.4 is 19.9 Å². The summed E-state index contributed by atoms with van der Waals surface area (Å²) in [5.41, 5.74) is 6.38. The number of methoxy groups -OCH3 is 3. The van der Waals surface area contributed by atoms with Gasteiger partial charge in [-0.05, 0) is 19.4 Å². The van der Waals surface area contributed by atoms with Crippen LogP contribution in [0.5, 0.6) is 17.2 Å². The Bertz CT molecular complexity index is 383. The van der Waals surface area contributed by atoms with Crippen LogP contribution in [0.15, 0.2) is 6.07 Å². The van der Waals surface area contributed by atoms with E-state index in [1.807, 2.05) is 0 Å². The average Bonchev–Trinajstić information content (AvgIpc) is 2.36. The zero-order chi connectivity index (χ0) is 12.8. The highest BCUT2D eigenvalue weighted by Gasteiger charge is 2.18. The molecule has 1 aromatic carbocycles. The second kappa shape index (κ2) is 6.57. The van der Waals surface area contributed by atoms with Crippen LogP contribution in [0.4, 0.5) is 0 Å². The maximum absolute atomic E-state index is 6.26. The van der Waals surface area contributed by atoms with E-state index in [1.165, 1.54) is 0 Å². The second-order valence-corrected chi connectivity index (χ2v) is 3.88. The summed E-state index contributed by atoms with van der Waals surface area (Å²) in [6.07, 6.45) is 1.55. The standard InChI is InChI=1S/C12H18ClNO3/c1-15-9-7-10(16-2)12(17-3)8(11(9)13)5-4-6-14/h7H,4-6,14H2,1-3H3. The van der Waals surface area contributed by atoms with Gasteiger partial charge < -0.3 is 19.9 Å². The Hall–Kier alpha value is -1.13. The van der Waals surface area contributed by atoms with Gasteiger partial charge in [0.15, 0.2) is 11.5 Å². The highest BCUT2D eigenvalue weighted by atomic mass is 35.5. The van der Waals surface area contributed by atoms with E-state index in [-0.39, 0.29) is 0 Å². The fourth-order valence-corrected chi connectivity index (χ4v) is 1.98. The van der Waals surface area contributed by atoms with Gasteiger partial charge in [-0.15, -0.1) is 0 Å². The van der Waals surface area contributed by atoms with E-state index in [1.54, 1.807) is 27.4 Å². The first kappa shape index (κ1) is 13.9. The van der Waals surface area contributed by atoms with Gasteiger partial charge in [-0.2, -0.15) is 0 Å². The Balaban J connectivity index is 3.28. The van der Waals surface area contributed by atoms with E-state index in [4.69, 9.17) is 31.5 Å². The Kier molecular flexibility index (Phi) is 5.38. The molecule has 1 rings (SSSR count). The van der Waals surface area contributed by atoms with Crippen LogP contribution in [-0.2, 0) is 6.42 Å². The van der Waals surface area contributed by atoms with Crippen molar-refractivity contribution in [1.29, 1.82) is 0 Å². The summed E-state index contributed by atoms with van der Waals surface area (Å²) < 4.78 is 15.8. The number of benzene rings is 1. The van der Waals surface area contributed by atoms with Crippen molar-refractivity contribution in [2.45, 2.75) is 12.8 Å². The molecule has 5 heteroatoms. The smallest absolute Gasteiger partial charge is 0.165 e. The van der Waals surface area contributed by atoms with Crippen molar-refractivity contribution < 1.29 is 14.2 Å². The molecular weight excluding hydrogens is 242 g/mol. The molecule has 0 saturated carbocycles. The number of hydrogen-bond donors (Lipinski definition) is 1. The maximum Gasteiger partial charge on any atom is 0.165 e. The lowest BCUT2D eigenvalue weighted by molar-refractivity contribution is 0.345. The van der Waals surface area contributed by atoms with Gasteiger partial charge in [-0.3, -0.25) is 0 Å². The molecule has 0 aromatic heterocycles. The number of ether oxygens (including phenoxy) is 3. The first-order valence-corrected chi connectivity index (χ1v) is 5.74. The molecule has 0 aliphatic carbocycles. The van der Waals surface area contributed by atoms with Gasteiger partial charge >= 0.3 is 0 Å². The summed E-state index contributed by atoms with van der Waals surface area (Å²) in [6, 6.07) is 1.72. The molecule has 0 fully saturated rings. The van der Waals surface area contributed by atoms with Gasteiger partial charge in [-0.1, -0.05) is 11.6 Å². The van der Waals surface area contributed by atoms with E-state index in [2.05, 4.69) is 0 Å². The second-order valence-electron chi connectivity index (χ2n) is 3.50. The Morgan fingerprint density at radius 2 is 1.76 bits per heavy atom. The molecule has 0 aliphatic heterocycles. The molecule has 4 nitrogen and oxygen atoms in total. The Morgan fingerprint density at radius 3 is 2.24 bits per heavy atom. The molecule has 0 radical (unpaired) electrons. The lowest BCUT2D eigenvalue weighted by Crippen LogP contribution is -2.04. The summed E-state index contributed by atoms with van der Waals surface area (Å²) in [4.78, 5) is 0. The minimum atomic E-state index is 0.554. The van der Waals surface area contributed by atoms with Crippen molar-refractivity contribution >= 4 is 11.6 Å². The van der Waals surface area contributed by atoms with Crippen LogP contribution in [0, 0.1) is 0 Å².